The van der Waals surface area contributed by atoms with Crippen LogP contribution in [0, 0.1) is 0 Å². The Bertz CT molecular complexity index is 659. The number of aliphatic hydroxyl groups excluding tert-OH is 1. The fourth-order valence-electron chi connectivity index (χ4n) is 2.42. The van der Waals surface area contributed by atoms with Crippen LogP contribution >= 0.6 is 11.6 Å². The van der Waals surface area contributed by atoms with Gasteiger partial charge in [0.1, 0.15) is 5.54 Å². The Morgan fingerprint density at radius 2 is 2.26 bits per heavy atom. The lowest BCUT2D eigenvalue weighted by molar-refractivity contribution is -0.125. The number of carbonyl (C=O) groups is 1. The molecule has 128 valence electrons. The third-order valence-corrected chi connectivity index (χ3v) is 4.06. The van der Waals surface area contributed by atoms with Crippen molar-refractivity contribution in [1.82, 2.24) is 15.1 Å². The van der Waals surface area contributed by atoms with Gasteiger partial charge in [-0.3, -0.25) is 9.59 Å². The standard InChI is InChI=1S/C13H16ClF2N3O4/c1-19-11(22)7(8(5-20)10(14)18-19)4-9(21)17-13(12(15)16)2-3-23-6-13/h12,20H,2-6H2,1H3,(H,17,21). The summed E-state index contributed by atoms with van der Waals surface area (Å²) in [6, 6.07) is 0. The van der Waals surface area contributed by atoms with E-state index in [4.69, 9.17) is 16.3 Å². The van der Waals surface area contributed by atoms with Crippen LogP contribution < -0.4 is 10.9 Å². The highest BCUT2D eigenvalue weighted by Crippen LogP contribution is 2.26. The van der Waals surface area contributed by atoms with E-state index in [0.717, 1.165) is 4.68 Å². The van der Waals surface area contributed by atoms with Gasteiger partial charge in [0.2, 0.25) is 5.91 Å². The normalized spacial score (nSPS) is 21.0. The van der Waals surface area contributed by atoms with Gasteiger partial charge in [-0.15, -0.1) is 0 Å². The van der Waals surface area contributed by atoms with Gasteiger partial charge in [-0.25, -0.2) is 13.5 Å². The number of aromatic nitrogens is 2. The second-order valence-electron chi connectivity index (χ2n) is 5.32. The molecule has 0 bridgehead atoms. The van der Waals surface area contributed by atoms with Crippen LogP contribution in [0.3, 0.4) is 0 Å². The molecule has 0 aromatic carbocycles. The number of alkyl halides is 2. The molecule has 2 N–H and O–H groups in total. The first kappa shape index (κ1) is 17.8. The number of rotatable bonds is 5. The summed E-state index contributed by atoms with van der Waals surface area (Å²) in [6.07, 6.45) is -3.30. The van der Waals surface area contributed by atoms with E-state index < -0.39 is 36.5 Å². The topological polar surface area (TPSA) is 93.4 Å². The Morgan fingerprint density at radius 3 is 2.78 bits per heavy atom. The minimum absolute atomic E-state index is 0.0127. The lowest BCUT2D eigenvalue weighted by atomic mass is 9.98. The summed E-state index contributed by atoms with van der Waals surface area (Å²) in [5, 5.41) is 15.1. The molecule has 1 aliphatic heterocycles. The number of aryl methyl sites for hydroxylation is 1. The van der Waals surface area contributed by atoms with Crippen molar-refractivity contribution in [2.75, 3.05) is 13.2 Å². The van der Waals surface area contributed by atoms with E-state index in [1.807, 2.05) is 0 Å². The smallest absolute Gasteiger partial charge is 0.270 e. The molecule has 1 amide bonds. The van der Waals surface area contributed by atoms with Crippen molar-refractivity contribution in [1.29, 1.82) is 0 Å². The predicted octanol–water partition coefficient (Wildman–Crippen LogP) is 0.00890. The second-order valence-corrected chi connectivity index (χ2v) is 5.68. The average Bonchev–Trinajstić information content (AvgIpc) is 2.94. The third-order valence-electron chi connectivity index (χ3n) is 3.76. The summed E-state index contributed by atoms with van der Waals surface area (Å²) in [5.41, 5.74) is -2.43. The summed E-state index contributed by atoms with van der Waals surface area (Å²) < 4.78 is 32.3. The molecule has 2 heterocycles. The van der Waals surface area contributed by atoms with Crippen LogP contribution in [0.4, 0.5) is 8.78 Å². The van der Waals surface area contributed by atoms with Gasteiger partial charge >= 0.3 is 0 Å². The first-order valence-corrected chi connectivity index (χ1v) is 7.21. The summed E-state index contributed by atoms with van der Waals surface area (Å²) in [6.45, 7) is -0.763. The van der Waals surface area contributed by atoms with E-state index in [0.29, 0.717) is 0 Å². The van der Waals surface area contributed by atoms with E-state index in [1.165, 1.54) is 7.05 Å². The summed E-state index contributed by atoms with van der Waals surface area (Å²) in [7, 11) is 1.34. The van der Waals surface area contributed by atoms with Gasteiger partial charge in [-0.05, 0) is 0 Å². The minimum Gasteiger partial charge on any atom is -0.392 e. The Hall–Kier alpha value is -1.58. The van der Waals surface area contributed by atoms with Crippen LogP contribution in [0.5, 0.6) is 0 Å². The molecule has 0 spiro atoms. The van der Waals surface area contributed by atoms with Gasteiger partial charge in [0.25, 0.3) is 12.0 Å². The van der Waals surface area contributed by atoms with Gasteiger partial charge in [0.15, 0.2) is 5.15 Å². The first-order valence-electron chi connectivity index (χ1n) is 6.83. The van der Waals surface area contributed by atoms with Crippen LogP contribution in [0.25, 0.3) is 0 Å². The summed E-state index contributed by atoms with van der Waals surface area (Å²) in [4.78, 5) is 24.2. The predicted molar refractivity (Wildman–Crippen MR) is 76.4 cm³/mol. The molecule has 1 aromatic heterocycles. The van der Waals surface area contributed by atoms with Crippen molar-refractivity contribution in [3.05, 3.63) is 26.6 Å². The summed E-state index contributed by atoms with van der Waals surface area (Å²) in [5.74, 6) is -0.773. The maximum Gasteiger partial charge on any atom is 0.270 e. The van der Waals surface area contributed by atoms with E-state index in [9.17, 15) is 23.5 Å². The van der Waals surface area contributed by atoms with E-state index >= 15 is 0 Å². The Balaban J connectivity index is 2.26. The lowest BCUT2D eigenvalue weighted by Crippen LogP contribution is -2.55. The van der Waals surface area contributed by atoms with Crippen LogP contribution in [-0.2, 0) is 29.6 Å². The van der Waals surface area contributed by atoms with Crippen molar-refractivity contribution >= 4 is 17.5 Å². The van der Waals surface area contributed by atoms with Crippen LogP contribution in [0.15, 0.2) is 4.79 Å². The lowest BCUT2D eigenvalue weighted by Gasteiger charge is -2.27. The quantitative estimate of drug-likeness (QED) is 0.779. The van der Waals surface area contributed by atoms with E-state index in [-0.39, 0.29) is 35.9 Å². The largest absolute Gasteiger partial charge is 0.392 e. The minimum atomic E-state index is -2.80. The number of hydrogen-bond donors (Lipinski definition) is 2. The van der Waals surface area contributed by atoms with E-state index in [2.05, 4.69) is 10.4 Å². The number of carbonyl (C=O) groups excluding carboxylic acids is 1. The number of nitrogens with zero attached hydrogens (tertiary/aromatic N) is 2. The highest BCUT2D eigenvalue weighted by Gasteiger charge is 2.45. The third kappa shape index (κ3) is 3.51. The first-order chi connectivity index (χ1) is 10.8. The molecular formula is C13H16ClF2N3O4. The maximum absolute atomic E-state index is 13.2. The molecule has 0 aliphatic carbocycles. The monoisotopic (exact) mass is 351 g/mol. The van der Waals surface area contributed by atoms with Crippen LogP contribution in [-0.4, -0.2) is 46.0 Å². The highest BCUT2D eigenvalue weighted by molar-refractivity contribution is 6.30. The number of ether oxygens (including phenoxy) is 1. The molecule has 0 radical (unpaired) electrons. The van der Waals surface area contributed by atoms with Gasteiger partial charge in [-0.1, -0.05) is 11.6 Å². The zero-order chi connectivity index (χ0) is 17.2. The van der Waals surface area contributed by atoms with Crippen LogP contribution in [0.2, 0.25) is 5.15 Å². The average molecular weight is 352 g/mol. The number of nitrogens with one attached hydrogen (secondary N) is 1. The van der Waals surface area contributed by atoms with Gasteiger partial charge in [-0.2, -0.15) is 5.10 Å². The Kier molecular flexibility index (Phi) is 5.33. The molecule has 0 saturated carbocycles. The molecule has 10 heteroatoms. The number of halogens is 3. The fourth-order valence-corrected chi connectivity index (χ4v) is 2.70. The zero-order valence-corrected chi connectivity index (χ0v) is 13.1. The molecule has 1 atom stereocenters. The van der Waals surface area contributed by atoms with Crippen molar-refractivity contribution in [3.8, 4) is 0 Å². The zero-order valence-electron chi connectivity index (χ0n) is 12.3. The van der Waals surface area contributed by atoms with Crippen molar-refractivity contribution < 1.29 is 23.4 Å². The molecule has 1 saturated heterocycles. The molecule has 23 heavy (non-hydrogen) atoms. The van der Waals surface area contributed by atoms with Crippen molar-refractivity contribution in [2.24, 2.45) is 7.05 Å². The molecule has 1 fully saturated rings. The van der Waals surface area contributed by atoms with Crippen molar-refractivity contribution in [2.45, 2.75) is 31.4 Å². The Morgan fingerprint density at radius 1 is 1.57 bits per heavy atom. The molecule has 1 aromatic rings. The van der Waals surface area contributed by atoms with Gasteiger partial charge in [0.05, 0.1) is 19.6 Å². The molecule has 1 aliphatic rings. The van der Waals surface area contributed by atoms with Gasteiger partial charge < -0.3 is 15.2 Å². The van der Waals surface area contributed by atoms with Crippen LogP contribution in [0.1, 0.15) is 17.5 Å². The molecule has 7 nitrogen and oxygen atoms in total. The summed E-state index contributed by atoms with van der Waals surface area (Å²) >= 11 is 5.84. The number of hydrogen-bond acceptors (Lipinski definition) is 5. The number of aliphatic hydroxyl groups is 1. The SMILES string of the molecule is Cn1nc(Cl)c(CO)c(CC(=O)NC2(C(F)F)CCOC2)c1=O. The highest BCUT2D eigenvalue weighted by atomic mass is 35.5. The fraction of sp³-hybridized carbons (Fsp3) is 0.615. The van der Waals surface area contributed by atoms with E-state index in [1.54, 1.807) is 0 Å². The molecule has 1 unspecified atom stereocenters. The molecule has 2 rings (SSSR count). The maximum atomic E-state index is 13.2. The second kappa shape index (κ2) is 6.90. The van der Waals surface area contributed by atoms with Gasteiger partial charge in [0, 0.05) is 31.2 Å². The Labute approximate surface area is 135 Å². The number of amides is 1. The molecular weight excluding hydrogens is 336 g/mol. The van der Waals surface area contributed by atoms with Crippen molar-refractivity contribution in [3.63, 3.8) is 0 Å².